The maximum Gasteiger partial charge on any atom is 0.176 e. The van der Waals surface area contributed by atoms with E-state index >= 15 is 0 Å². The van der Waals surface area contributed by atoms with Crippen LogP contribution in [0.3, 0.4) is 0 Å². The third kappa shape index (κ3) is 6.67. The first-order valence-electron chi connectivity index (χ1n) is 14.4. The van der Waals surface area contributed by atoms with Crippen LogP contribution in [0, 0.1) is 10.9 Å². The summed E-state index contributed by atoms with van der Waals surface area (Å²) < 4.78 is 41.5. The van der Waals surface area contributed by atoms with Crippen LogP contribution in [-0.2, 0) is 0 Å². The van der Waals surface area contributed by atoms with Gasteiger partial charge in [0.2, 0.25) is 0 Å². The molecule has 6 rings (SSSR count). The first-order valence-corrected chi connectivity index (χ1v) is 16.1. The zero-order valence-electron chi connectivity index (χ0n) is 24.4. The van der Waals surface area contributed by atoms with Crippen LogP contribution in [0.25, 0.3) is 21.7 Å². The lowest BCUT2D eigenvalue weighted by atomic mass is 10.1. The predicted molar refractivity (Wildman–Crippen MR) is 175 cm³/mol. The van der Waals surface area contributed by atoms with E-state index in [1.807, 2.05) is 79.8 Å². The number of fused-ring (bicyclic) bond motifs is 2. The van der Waals surface area contributed by atoms with Crippen LogP contribution in [0.2, 0.25) is 0 Å². The van der Waals surface area contributed by atoms with Crippen LogP contribution >= 0.6 is 22.7 Å². The molecule has 0 radical (unpaired) electrons. The number of rotatable bonds is 13. The van der Waals surface area contributed by atoms with Crippen molar-refractivity contribution < 1.29 is 18.3 Å². The lowest BCUT2D eigenvalue weighted by Gasteiger charge is -2.24. The quantitative estimate of drug-likeness (QED) is 0.138. The maximum atomic E-state index is 14.8. The van der Waals surface area contributed by atoms with Crippen molar-refractivity contribution in [1.82, 2.24) is 15.3 Å². The highest BCUT2D eigenvalue weighted by atomic mass is 32.1. The van der Waals surface area contributed by atoms with E-state index in [9.17, 15) is 8.78 Å². The van der Waals surface area contributed by atoms with Crippen molar-refractivity contribution in [2.75, 3.05) is 32.1 Å². The SMILES string of the molecule is CNCCC(Oc1cccc2cc(N(C)CCC(Oc3cccc4ncccc34)c3sccc3F)ncc12)c1ccc(F)s1. The largest absolute Gasteiger partial charge is 0.484 e. The number of benzene rings is 2. The smallest absolute Gasteiger partial charge is 0.176 e. The topological polar surface area (TPSA) is 59.5 Å². The molecule has 6 nitrogen and oxygen atoms in total. The van der Waals surface area contributed by atoms with Crippen molar-refractivity contribution in [2.45, 2.75) is 25.0 Å². The van der Waals surface area contributed by atoms with Crippen LogP contribution in [-0.4, -0.2) is 37.2 Å². The molecule has 10 heteroatoms. The van der Waals surface area contributed by atoms with Crippen LogP contribution in [0.5, 0.6) is 11.5 Å². The molecule has 0 fully saturated rings. The van der Waals surface area contributed by atoms with E-state index in [1.54, 1.807) is 17.6 Å². The van der Waals surface area contributed by atoms with E-state index < -0.39 is 6.10 Å². The minimum Gasteiger partial charge on any atom is -0.484 e. The molecule has 2 aromatic carbocycles. The second kappa shape index (κ2) is 13.7. The summed E-state index contributed by atoms with van der Waals surface area (Å²) in [5.74, 6) is 1.88. The first-order chi connectivity index (χ1) is 21.5. The monoisotopic (exact) mass is 630 g/mol. The summed E-state index contributed by atoms with van der Waals surface area (Å²) in [5.41, 5.74) is 0.826. The molecule has 1 N–H and O–H groups in total. The Morgan fingerprint density at radius 2 is 1.70 bits per heavy atom. The van der Waals surface area contributed by atoms with E-state index in [1.165, 1.54) is 23.5 Å². The van der Waals surface area contributed by atoms with Crippen molar-refractivity contribution in [2.24, 2.45) is 0 Å². The van der Waals surface area contributed by atoms with Crippen LogP contribution in [0.15, 0.2) is 90.6 Å². The van der Waals surface area contributed by atoms with Crippen LogP contribution in [0.1, 0.15) is 34.8 Å². The molecule has 0 aliphatic heterocycles. The average Bonchev–Trinajstić information content (AvgIpc) is 3.68. The molecule has 44 heavy (non-hydrogen) atoms. The van der Waals surface area contributed by atoms with Gasteiger partial charge in [-0.15, -0.1) is 22.7 Å². The van der Waals surface area contributed by atoms with Gasteiger partial charge in [-0.2, -0.15) is 4.39 Å². The maximum absolute atomic E-state index is 14.8. The predicted octanol–water partition coefficient (Wildman–Crippen LogP) is 8.56. The lowest BCUT2D eigenvalue weighted by molar-refractivity contribution is 0.199. The Morgan fingerprint density at radius 3 is 2.48 bits per heavy atom. The van der Waals surface area contributed by atoms with Gasteiger partial charge >= 0.3 is 0 Å². The number of aromatic nitrogens is 2. The van der Waals surface area contributed by atoms with Crippen LogP contribution < -0.4 is 19.7 Å². The number of thiophene rings is 2. The standard InChI is InChI=1S/C34H32F2N4O2S2/c1-37-17-13-29(31-11-12-32(36)44-31)41-28-9-3-6-22-20-33(39-21-24(22)28)40(2)18-14-30(34-25(35)15-19-43-34)42-27-10-4-8-26-23(27)7-5-16-38-26/h3-12,15-16,19-21,29-30,37H,13-14,17-18H2,1-2H3. The fourth-order valence-corrected chi connectivity index (χ4v) is 6.80. The average molecular weight is 631 g/mol. The first kappa shape index (κ1) is 29.9. The molecular weight excluding hydrogens is 599 g/mol. The summed E-state index contributed by atoms with van der Waals surface area (Å²) in [4.78, 5) is 12.6. The molecule has 0 aliphatic carbocycles. The van der Waals surface area contributed by atoms with Crippen LogP contribution in [0.4, 0.5) is 14.6 Å². The number of nitrogens with zero attached hydrogens (tertiary/aromatic N) is 3. The molecule has 226 valence electrons. The van der Waals surface area contributed by atoms with Gasteiger partial charge < -0.3 is 19.7 Å². The van der Waals surface area contributed by atoms with Gasteiger partial charge in [0, 0.05) is 54.5 Å². The molecule has 4 heterocycles. The summed E-state index contributed by atoms with van der Waals surface area (Å²) in [6.07, 6.45) is 4.03. The third-order valence-corrected chi connectivity index (χ3v) is 9.43. The minimum absolute atomic E-state index is 0.228. The Kier molecular flexibility index (Phi) is 9.30. The second-order valence-electron chi connectivity index (χ2n) is 10.4. The number of anilines is 1. The minimum atomic E-state index is -0.486. The number of nitrogens with one attached hydrogen (secondary N) is 1. The number of pyridine rings is 2. The molecule has 0 bridgehead atoms. The van der Waals surface area contributed by atoms with E-state index in [0.717, 1.165) is 50.3 Å². The molecule has 0 saturated heterocycles. The summed E-state index contributed by atoms with van der Waals surface area (Å²) >= 11 is 2.46. The summed E-state index contributed by atoms with van der Waals surface area (Å²) in [6, 6.07) is 22.2. The normalized spacial score (nSPS) is 12.8. The van der Waals surface area contributed by atoms with Gasteiger partial charge in [0.25, 0.3) is 0 Å². The molecule has 0 saturated carbocycles. The summed E-state index contributed by atoms with van der Waals surface area (Å²) in [5, 5.41) is 7.41. The van der Waals surface area contributed by atoms with Gasteiger partial charge in [-0.3, -0.25) is 4.98 Å². The van der Waals surface area contributed by atoms with Gasteiger partial charge in [0.1, 0.15) is 35.3 Å². The van der Waals surface area contributed by atoms with Crippen molar-refractivity contribution in [3.8, 4) is 11.5 Å². The van der Waals surface area contributed by atoms with Gasteiger partial charge in [-0.25, -0.2) is 9.37 Å². The molecule has 0 amide bonds. The highest BCUT2D eigenvalue weighted by molar-refractivity contribution is 7.10. The van der Waals surface area contributed by atoms with E-state index in [4.69, 9.17) is 14.5 Å². The van der Waals surface area contributed by atoms with Gasteiger partial charge in [0.15, 0.2) is 5.13 Å². The number of halogens is 2. The molecule has 0 spiro atoms. The van der Waals surface area contributed by atoms with Gasteiger partial charge in [-0.05, 0) is 79.0 Å². The summed E-state index contributed by atoms with van der Waals surface area (Å²) in [7, 11) is 3.86. The lowest BCUT2D eigenvalue weighted by Crippen LogP contribution is -2.23. The van der Waals surface area contributed by atoms with Crippen molar-refractivity contribution in [3.05, 3.63) is 111 Å². The van der Waals surface area contributed by atoms with Crippen molar-refractivity contribution >= 4 is 50.2 Å². The number of hydrogen-bond donors (Lipinski definition) is 1. The van der Waals surface area contributed by atoms with Crippen molar-refractivity contribution in [1.29, 1.82) is 0 Å². The third-order valence-electron chi connectivity index (χ3n) is 7.48. The van der Waals surface area contributed by atoms with Gasteiger partial charge in [-0.1, -0.05) is 18.2 Å². The Hall–Kier alpha value is -4.12. The second-order valence-corrected chi connectivity index (χ2v) is 12.4. The molecule has 4 aromatic heterocycles. The van der Waals surface area contributed by atoms with E-state index in [-0.39, 0.29) is 17.1 Å². The zero-order chi connectivity index (χ0) is 30.5. The fourth-order valence-electron chi connectivity index (χ4n) is 5.17. The Bertz CT molecular complexity index is 1850. The zero-order valence-corrected chi connectivity index (χ0v) is 26.0. The summed E-state index contributed by atoms with van der Waals surface area (Å²) in [6.45, 7) is 1.31. The Labute approximate surface area is 262 Å². The van der Waals surface area contributed by atoms with Crippen molar-refractivity contribution in [3.63, 3.8) is 0 Å². The Balaban J connectivity index is 1.20. The molecule has 2 unspecified atom stereocenters. The van der Waals surface area contributed by atoms with Gasteiger partial charge in [0.05, 0.1) is 10.4 Å². The number of ether oxygens (including phenoxy) is 2. The van der Waals surface area contributed by atoms with E-state index in [2.05, 4.69) is 10.3 Å². The molecule has 6 aromatic rings. The van der Waals surface area contributed by atoms with E-state index in [0.29, 0.717) is 35.8 Å². The highest BCUT2D eigenvalue weighted by Crippen LogP contribution is 2.36. The molecule has 0 aliphatic rings. The number of hydrogen-bond acceptors (Lipinski definition) is 8. The fraction of sp³-hybridized carbons (Fsp3) is 0.235. The molecular formula is C34H32F2N4O2S2. The Morgan fingerprint density at radius 1 is 0.886 bits per heavy atom. The highest BCUT2D eigenvalue weighted by Gasteiger charge is 2.22. The molecule has 2 atom stereocenters.